The fourth-order valence-electron chi connectivity index (χ4n) is 7.02. The number of aliphatic hydroxyl groups excluding tert-OH is 1. The highest BCUT2D eigenvalue weighted by Crippen LogP contribution is 2.30. The van der Waals surface area contributed by atoms with E-state index in [0.717, 1.165) is 24.0 Å². The van der Waals surface area contributed by atoms with Crippen molar-refractivity contribution in [1.29, 1.82) is 0 Å². The van der Waals surface area contributed by atoms with Crippen molar-refractivity contribution in [2.75, 3.05) is 27.4 Å². The van der Waals surface area contributed by atoms with Crippen LogP contribution in [0.2, 0.25) is 0 Å². The second kappa shape index (κ2) is 34.4. The van der Waals surface area contributed by atoms with Gasteiger partial charge in [0.05, 0.1) is 27.4 Å². The minimum absolute atomic E-state index is 0.138. The van der Waals surface area contributed by atoms with Crippen LogP contribution in [0, 0.1) is 0 Å². The number of unbranched alkanes of at least 4 members (excludes halogenated alkanes) is 24. The summed E-state index contributed by atoms with van der Waals surface area (Å²) in [6.07, 6.45) is 41.9. The summed E-state index contributed by atoms with van der Waals surface area (Å²) in [5.74, 6) is 2.22. The molecule has 0 aliphatic rings. The van der Waals surface area contributed by atoms with Gasteiger partial charge in [0.1, 0.15) is 5.76 Å². The van der Waals surface area contributed by atoms with Gasteiger partial charge in [-0.25, -0.2) is 0 Å². The fraction of sp³-hybridized carbons (Fsp3) is 0.627. The first-order chi connectivity index (χ1) is 28.0. The molecule has 6 heteroatoms. The van der Waals surface area contributed by atoms with E-state index in [9.17, 15) is 9.90 Å². The van der Waals surface area contributed by atoms with Gasteiger partial charge in [0, 0.05) is 6.08 Å². The van der Waals surface area contributed by atoms with Gasteiger partial charge >= 0.3 is 0 Å². The average molecular weight is 789 g/mol. The number of benzene rings is 2. The van der Waals surface area contributed by atoms with Gasteiger partial charge in [-0.15, -0.1) is 0 Å². The molecule has 2 rings (SSSR count). The topological polar surface area (TPSA) is 74.2 Å². The molecule has 1 N–H and O–H groups in total. The van der Waals surface area contributed by atoms with E-state index in [1.54, 1.807) is 26.4 Å². The second-order valence-electron chi connectivity index (χ2n) is 15.6. The average Bonchev–Trinajstić information content (AvgIpc) is 3.22. The highest BCUT2D eigenvalue weighted by molar-refractivity contribution is 6.02. The van der Waals surface area contributed by atoms with Gasteiger partial charge in [-0.1, -0.05) is 192 Å². The summed E-state index contributed by atoms with van der Waals surface area (Å²) in [6.45, 7) is 5.86. The van der Waals surface area contributed by atoms with E-state index in [2.05, 4.69) is 13.8 Å². The molecule has 0 aliphatic carbocycles. The number of ether oxygens (including phenoxy) is 4. The summed E-state index contributed by atoms with van der Waals surface area (Å²) in [5, 5.41) is 10.4. The number of methoxy groups -OCH3 is 2. The summed E-state index contributed by atoms with van der Waals surface area (Å²) in [4.78, 5) is 12.6. The third-order valence-corrected chi connectivity index (χ3v) is 10.6. The smallest absolute Gasteiger partial charge is 0.182 e. The van der Waals surface area contributed by atoms with Crippen molar-refractivity contribution >= 4 is 17.9 Å². The Morgan fingerprint density at radius 3 is 1.16 bits per heavy atom. The molecule has 0 amide bonds. The highest BCUT2D eigenvalue weighted by atomic mass is 16.5. The van der Waals surface area contributed by atoms with Gasteiger partial charge in [0.2, 0.25) is 0 Å². The van der Waals surface area contributed by atoms with Crippen LogP contribution in [0.4, 0.5) is 0 Å². The molecule has 0 heterocycles. The summed E-state index contributed by atoms with van der Waals surface area (Å²) in [5.41, 5.74) is 1.63. The zero-order valence-electron chi connectivity index (χ0n) is 36.6. The molecule has 0 saturated heterocycles. The van der Waals surface area contributed by atoms with Crippen molar-refractivity contribution in [2.45, 2.75) is 181 Å². The molecule has 57 heavy (non-hydrogen) atoms. The Kier molecular flexibility index (Phi) is 29.8. The zero-order chi connectivity index (χ0) is 41.0. The van der Waals surface area contributed by atoms with E-state index < -0.39 is 0 Å². The van der Waals surface area contributed by atoms with Crippen LogP contribution in [0.3, 0.4) is 0 Å². The number of carbonyl (C=O) groups excluding carboxylic acids is 1. The number of rotatable bonds is 37. The van der Waals surface area contributed by atoms with Gasteiger partial charge in [0.25, 0.3) is 0 Å². The van der Waals surface area contributed by atoms with Crippen LogP contribution in [0.1, 0.15) is 192 Å². The Morgan fingerprint density at radius 2 is 0.807 bits per heavy atom. The Hall–Kier alpha value is -3.67. The molecule has 0 aromatic heterocycles. The van der Waals surface area contributed by atoms with E-state index in [-0.39, 0.29) is 11.5 Å². The van der Waals surface area contributed by atoms with E-state index in [1.807, 2.05) is 36.4 Å². The van der Waals surface area contributed by atoms with E-state index >= 15 is 0 Å². The fourth-order valence-corrected chi connectivity index (χ4v) is 7.02. The van der Waals surface area contributed by atoms with E-state index in [4.69, 9.17) is 18.9 Å². The highest BCUT2D eigenvalue weighted by Gasteiger charge is 2.07. The second-order valence-corrected chi connectivity index (χ2v) is 15.6. The Morgan fingerprint density at radius 1 is 0.474 bits per heavy atom. The first-order valence-electron chi connectivity index (χ1n) is 22.9. The van der Waals surface area contributed by atoms with Gasteiger partial charge in [-0.2, -0.15) is 0 Å². The molecular formula is C51H80O6. The standard InChI is InChI=1S/C51H80O6/c1-5-7-9-11-13-15-17-19-21-23-25-27-29-39-56-48-37-33-44(41-50(48)54-3)31-35-46(52)43-47(53)36-32-45-34-38-49(51(42-45)55-4)57-40-30-28-26-24-22-20-18-16-14-12-10-8-6-2/h31-38,41-43,52H,5-30,39-40H2,1-4H3/b35-31+,36-32+,46-43-. The maximum atomic E-state index is 12.6. The molecule has 0 aliphatic heterocycles. The summed E-state index contributed by atoms with van der Waals surface area (Å²) in [7, 11) is 3.25. The normalized spacial score (nSPS) is 11.8. The zero-order valence-corrected chi connectivity index (χ0v) is 36.6. The number of allylic oxidation sites excluding steroid dienone is 3. The van der Waals surface area contributed by atoms with Crippen LogP contribution >= 0.6 is 0 Å². The van der Waals surface area contributed by atoms with Crippen LogP contribution in [-0.2, 0) is 4.79 Å². The van der Waals surface area contributed by atoms with Crippen molar-refractivity contribution in [3.63, 3.8) is 0 Å². The number of ketones is 1. The molecule has 2 aromatic rings. The minimum atomic E-state index is -0.326. The van der Waals surface area contributed by atoms with Crippen LogP contribution in [0.5, 0.6) is 23.0 Å². The third kappa shape index (κ3) is 25.3. The molecule has 0 atom stereocenters. The predicted molar refractivity (Wildman–Crippen MR) is 242 cm³/mol. The lowest BCUT2D eigenvalue weighted by atomic mass is 10.0. The molecule has 0 spiro atoms. The van der Waals surface area contributed by atoms with Crippen molar-refractivity contribution in [1.82, 2.24) is 0 Å². The van der Waals surface area contributed by atoms with Gasteiger partial charge in [0.15, 0.2) is 28.8 Å². The molecule has 0 radical (unpaired) electrons. The van der Waals surface area contributed by atoms with Crippen LogP contribution in [0.25, 0.3) is 12.2 Å². The van der Waals surface area contributed by atoms with Crippen molar-refractivity contribution in [2.24, 2.45) is 0 Å². The lowest BCUT2D eigenvalue weighted by Crippen LogP contribution is -1.99. The van der Waals surface area contributed by atoms with Crippen LogP contribution in [-0.4, -0.2) is 38.3 Å². The molecule has 0 saturated carbocycles. The lowest BCUT2D eigenvalue weighted by Gasteiger charge is -2.11. The molecule has 320 valence electrons. The molecular weight excluding hydrogens is 709 g/mol. The lowest BCUT2D eigenvalue weighted by molar-refractivity contribution is -0.110. The summed E-state index contributed by atoms with van der Waals surface area (Å²) >= 11 is 0. The quantitative estimate of drug-likeness (QED) is 0.0318. The predicted octanol–water partition coefficient (Wildman–Crippen LogP) is 15.4. The van der Waals surface area contributed by atoms with Crippen molar-refractivity contribution in [3.8, 4) is 23.0 Å². The van der Waals surface area contributed by atoms with Crippen molar-refractivity contribution < 1.29 is 28.8 Å². The van der Waals surface area contributed by atoms with E-state index in [0.29, 0.717) is 36.2 Å². The maximum Gasteiger partial charge on any atom is 0.182 e. The molecule has 0 unspecified atom stereocenters. The number of hydrogen-bond acceptors (Lipinski definition) is 6. The van der Waals surface area contributed by atoms with Gasteiger partial charge < -0.3 is 24.1 Å². The number of hydrogen-bond donors (Lipinski definition) is 1. The monoisotopic (exact) mass is 789 g/mol. The Bertz CT molecular complexity index is 1390. The number of carbonyl (C=O) groups is 1. The Balaban J connectivity index is 1.66. The Labute approximate surface area is 348 Å². The summed E-state index contributed by atoms with van der Waals surface area (Å²) < 4.78 is 23.2. The van der Waals surface area contributed by atoms with E-state index in [1.165, 1.54) is 172 Å². The molecule has 6 nitrogen and oxygen atoms in total. The van der Waals surface area contributed by atoms with Gasteiger partial charge in [-0.05, 0) is 60.4 Å². The first kappa shape index (κ1) is 49.5. The SMILES string of the molecule is CCCCCCCCCCCCCCCOc1ccc(/C=C/C(=O)/C=C(O)/C=C/c2ccc(OCCCCCCCCCCCCCCC)c(OC)c2)cc1OC. The maximum absolute atomic E-state index is 12.6. The van der Waals surface area contributed by atoms with Gasteiger partial charge in [-0.3, -0.25) is 4.79 Å². The van der Waals surface area contributed by atoms with Crippen LogP contribution < -0.4 is 18.9 Å². The molecule has 0 fully saturated rings. The molecule has 2 aromatic carbocycles. The third-order valence-electron chi connectivity index (χ3n) is 10.6. The van der Waals surface area contributed by atoms with Crippen molar-refractivity contribution in [3.05, 3.63) is 71.5 Å². The summed E-state index contributed by atoms with van der Waals surface area (Å²) in [6, 6.07) is 11.3. The van der Waals surface area contributed by atoms with Crippen LogP contribution in [0.15, 0.2) is 60.4 Å². The molecule has 0 bridgehead atoms. The minimum Gasteiger partial charge on any atom is -0.508 e. The first-order valence-corrected chi connectivity index (χ1v) is 22.9. The number of aliphatic hydroxyl groups is 1. The largest absolute Gasteiger partial charge is 0.508 e.